The summed E-state index contributed by atoms with van der Waals surface area (Å²) >= 11 is 0. The summed E-state index contributed by atoms with van der Waals surface area (Å²) in [5.41, 5.74) is 3.75. The van der Waals surface area contributed by atoms with E-state index in [4.69, 9.17) is 24.1 Å². The van der Waals surface area contributed by atoms with Crippen LogP contribution >= 0.6 is 0 Å². The summed E-state index contributed by atoms with van der Waals surface area (Å²) in [6.45, 7) is 11.6. The van der Waals surface area contributed by atoms with Gasteiger partial charge in [0.05, 0.1) is 22.3 Å². The molecule has 1 atom stereocenters. The molecule has 2 aliphatic heterocycles. The fraction of sp³-hybridized carbons (Fsp3) is 0.150. The molecule has 1 spiro atoms. The van der Waals surface area contributed by atoms with Crippen LogP contribution in [0.4, 0.5) is 11.4 Å². The van der Waals surface area contributed by atoms with Crippen LogP contribution in [0.1, 0.15) is 81.0 Å². The number of carboxylic acid groups (broad SMARTS) is 1. The number of phenolic OH excluding ortho intramolecular Hbond substituents is 2. The minimum Gasteiger partial charge on any atom is -0.508 e. The lowest BCUT2D eigenvalue weighted by molar-refractivity contribution is 0.0223. The number of para-hydroxylation sites is 2. The van der Waals surface area contributed by atoms with E-state index < -0.39 is 17.4 Å². The molecule has 8 aromatic carbocycles. The molecule has 1 unspecified atom stereocenters. The lowest BCUT2D eigenvalue weighted by atomic mass is 9.77. The van der Waals surface area contributed by atoms with E-state index in [9.17, 15) is 24.6 Å². The summed E-state index contributed by atoms with van der Waals surface area (Å²) in [4.78, 5) is 41.2. The number of phenols is 2. The molecule has 0 saturated heterocycles. The van der Waals surface area contributed by atoms with E-state index in [0.717, 1.165) is 65.7 Å². The van der Waals surface area contributed by atoms with Crippen LogP contribution in [0.3, 0.4) is 0 Å². The summed E-state index contributed by atoms with van der Waals surface area (Å²) in [6, 6.07) is 55.9. The van der Waals surface area contributed by atoms with E-state index in [2.05, 4.69) is 24.8 Å². The number of hydrogen-bond donors (Lipinski definition) is 3. The Bertz CT molecular complexity index is 3190. The maximum atomic E-state index is 13.1. The van der Waals surface area contributed by atoms with Gasteiger partial charge >= 0.3 is 11.9 Å². The number of aromatic carboxylic acids is 1. The van der Waals surface area contributed by atoms with E-state index in [0.29, 0.717) is 28.6 Å². The van der Waals surface area contributed by atoms with Gasteiger partial charge in [0.25, 0.3) is 0 Å². The van der Waals surface area contributed by atoms with Gasteiger partial charge in [-0.15, -0.1) is 0 Å². The highest BCUT2D eigenvalue weighted by molar-refractivity contribution is 6.15. The number of aromatic hydroxyl groups is 2. The van der Waals surface area contributed by atoms with Crippen LogP contribution in [0.15, 0.2) is 188 Å². The van der Waals surface area contributed by atoms with E-state index in [-0.39, 0.29) is 34.2 Å². The Labute approximate surface area is 418 Å². The second-order valence-electron chi connectivity index (χ2n) is 16.6. The third-order valence-corrected chi connectivity index (χ3v) is 12.3. The number of hydrogen-bond acceptors (Lipinski definition) is 11. The number of rotatable bonds is 13. The first-order valence-corrected chi connectivity index (χ1v) is 23.7. The van der Waals surface area contributed by atoms with Crippen LogP contribution in [0.2, 0.25) is 0 Å². The summed E-state index contributed by atoms with van der Waals surface area (Å²) in [6.07, 6.45) is 0. The number of anilines is 2. The predicted molar refractivity (Wildman–Crippen MR) is 278 cm³/mol. The van der Waals surface area contributed by atoms with Crippen LogP contribution < -0.4 is 24.0 Å². The SMILES string of the molecule is CCN(CC)c1ccc(C(=O)c2ccccc2C(=O)O)c(O)c1.CCN(CC)c1ccc2c(c1)Oc1ccc(Oc3ccccc3)cc1C21OC(=O)c2ccccc21.Oc1ccc(Oc2ccccc2)cc1. The highest BCUT2D eigenvalue weighted by Crippen LogP contribution is 2.57. The topological polar surface area (TPSA) is 155 Å². The Morgan fingerprint density at radius 1 is 0.500 bits per heavy atom. The molecule has 0 saturated carbocycles. The highest BCUT2D eigenvalue weighted by Gasteiger charge is 2.53. The normalized spacial score (nSPS) is 13.5. The van der Waals surface area contributed by atoms with Crippen molar-refractivity contribution in [2.75, 3.05) is 36.0 Å². The van der Waals surface area contributed by atoms with Gasteiger partial charge in [0.1, 0.15) is 46.0 Å². The van der Waals surface area contributed by atoms with E-state index in [1.165, 1.54) is 24.3 Å². The average Bonchev–Trinajstić information content (AvgIpc) is 3.70. The smallest absolute Gasteiger partial charge is 0.340 e. The first-order chi connectivity index (χ1) is 35.0. The molecular formula is C60H54N2O10. The Balaban J connectivity index is 0.000000161. The molecule has 0 fully saturated rings. The lowest BCUT2D eigenvalue weighted by Gasteiger charge is -2.37. The van der Waals surface area contributed by atoms with Crippen molar-refractivity contribution in [3.8, 4) is 46.0 Å². The standard InChI is InChI=1S/C30H25NO4.C18H19NO4.C12H10O2/c1-3-31(4-2)20-14-16-25-28(18-20)34-27-17-15-22(33-21-10-6-5-7-11-21)19-26(27)30(25)24-13-9-8-12-23(24)29(32)35-30;1-3-19(4-2)12-9-10-15(16(20)11-12)17(21)13-7-5-6-8-14(13)18(22)23;13-10-6-8-12(9-7-10)14-11-4-2-1-3-5-11/h5-19H,3-4H2,1-2H3;5-11,20H,3-4H2,1-2H3,(H,22,23);1-9,13H. The van der Waals surface area contributed by atoms with Crippen molar-refractivity contribution >= 4 is 29.1 Å². The maximum Gasteiger partial charge on any atom is 0.340 e. The average molecular weight is 963 g/mol. The Morgan fingerprint density at radius 3 is 1.64 bits per heavy atom. The third-order valence-electron chi connectivity index (χ3n) is 12.3. The maximum absolute atomic E-state index is 13.1. The van der Waals surface area contributed by atoms with Gasteiger partial charge in [-0.3, -0.25) is 4.79 Å². The number of carbonyl (C=O) groups is 3. The first kappa shape index (κ1) is 49.4. The molecule has 0 radical (unpaired) electrons. The minimum atomic E-state index is -1.17. The van der Waals surface area contributed by atoms with Crippen molar-refractivity contribution in [2.24, 2.45) is 0 Å². The number of fused-ring (bicyclic) bond motifs is 6. The molecule has 2 aliphatic rings. The van der Waals surface area contributed by atoms with Gasteiger partial charge in [-0.2, -0.15) is 0 Å². The quantitative estimate of drug-likeness (QED) is 0.0744. The highest BCUT2D eigenvalue weighted by atomic mass is 16.6. The van der Waals surface area contributed by atoms with Crippen molar-refractivity contribution in [3.63, 3.8) is 0 Å². The van der Waals surface area contributed by atoms with Gasteiger partial charge in [0, 0.05) is 66.4 Å². The zero-order valence-corrected chi connectivity index (χ0v) is 40.3. The number of ether oxygens (including phenoxy) is 4. The Hall–Kier alpha value is -9.03. The first-order valence-electron chi connectivity index (χ1n) is 23.7. The molecule has 3 N–H and O–H groups in total. The Morgan fingerprint density at radius 2 is 1.03 bits per heavy atom. The molecule has 364 valence electrons. The Kier molecular flexibility index (Phi) is 15.2. The molecule has 12 nitrogen and oxygen atoms in total. The molecule has 12 heteroatoms. The molecular weight excluding hydrogens is 909 g/mol. The van der Waals surface area contributed by atoms with Gasteiger partial charge < -0.3 is 44.1 Å². The number of carboxylic acids is 1. The predicted octanol–water partition coefficient (Wildman–Crippen LogP) is 13.2. The summed E-state index contributed by atoms with van der Waals surface area (Å²) in [5, 5.41) is 28.5. The molecule has 2 heterocycles. The van der Waals surface area contributed by atoms with Crippen molar-refractivity contribution in [1.29, 1.82) is 0 Å². The van der Waals surface area contributed by atoms with Gasteiger partial charge in [0.15, 0.2) is 11.4 Å². The van der Waals surface area contributed by atoms with Crippen LogP contribution in [-0.2, 0) is 10.3 Å². The fourth-order valence-corrected chi connectivity index (χ4v) is 8.76. The number of esters is 1. The number of benzene rings is 8. The monoisotopic (exact) mass is 962 g/mol. The molecule has 0 aliphatic carbocycles. The number of carbonyl (C=O) groups excluding carboxylic acids is 2. The largest absolute Gasteiger partial charge is 0.508 e. The van der Waals surface area contributed by atoms with Crippen molar-refractivity contribution in [1.82, 2.24) is 0 Å². The molecule has 0 amide bonds. The third kappa shape index (κ3) is 10.4. The summed E-state index contributed by atoms with van der Waals surface area (Å²) in [5.74, 6) is 2.26. The molecule has 72 heavy (non-hydrogen) atoms. The van der Waals surface area contributed by atoms with Crippen LogP contribution in [0.5, 0.6) is 46.0 Å². The van der Waals surface area contributed by atoms with Crippen LogP contribution in [0.25, 0.3) is 0 Å². The van der Waals surface area contributed by atoms with Crippen LogP contribution in [0, 0.1) is 0 Å². The van der Waals surface area contributed by atoms with E-state index >= 15 is 0 Å². The lowest BCUT2D eigenvalue weighted by Crippen LogP contribution is -2.33. The number of nitrogens with zero attached hydrogens (tertiary/aromatic N) is 2. The molecule has 8 aromatic rings. The van der Waals surface area contributed by atoms with E-state index in [1.54, 1.807) is 42.5 Å². The summed E-state index contributed by atoms with van der Waals surface area (Å²) in [7, 11) is 0. The number of ketones is 1. The van der Waals surface area contributed by atoms with Crippen LogP contribution in [-0.4, -0.2) is 59.2 Å². The van der Waals surface area contributed by atoms with Crippen molar-refractivity contribution in [2.45, 2.75) is 33.3 Å². The zero-order valence-electron chi connectivity index (χ0n) is 40.3. The van der Waals surface area contributed by atoms with Crippen molar-refractivity contribution in [3.05, 3.63) is 227 Å². The van der Waals surface area contributed by atoms with Gasteiger partial charge in [0.2, 0.25) is 0 Å². The summed E-state index contributed by atoms with van der Waals surface area (Å²) < 4.78 is 24.4. The van der Waals surface area contributed by atoms with Gasteiger partial charge in [-0.1, -0.05) is 72.8 Å². The second kappa shape index (κ2) is 22.2. The van der Waals surface area contributed by atoms with Gasteiger partial charge in [-0.05, 0) is 131 Å². The van der Waals surface area contributed by atoms with Crippen molar-refractivity contribution < 1.29 is 48.7 Å². The van der Waals surface area contributed by atoms with E-state index in [1.807, 2.05) is 134 Å². The second-order valence-corrected chi connectivity index (χ2v) is 16.6. The van der Waals surface area contributed by atoms with Gasteiger partial charge in [-0.25, -0.2) is 9.59 Å². The molecule has 0 aromatic heterocycles. The molecule has 0 bridgehead atoms. The molecule has 10 rings (SSSR count). The fourth-order valence-electron chi connectivity index (χ4n) is 8.76. The minimum absolute atomic E-state index is 0.0610. The zero-order chi connectivity index (χ0) is 50.8.